The van der Waals surface area contributed by atoms with Crippen LogP contribution in [0.4, 0.5) is 4.39 Å². The second-order valence-electron chi connectivity index (χ2n) is 7.74. The van der Waals surface area contributed by atoms with Crippen LogP contribution in [0.25, 0.3) is 0 Å². The second kappa shape index (κ2) is 9.27. The molecular weight excluding hydrogens is 385 g/mol. The molecule has 0 aliphatic carbocycles. The monoisotopic (exact) mass is 411 g/mol. The van der Waals surface area contributed by atoms with Gasteiger partial charge in [-0.15, -0.1) is 16.8 Å². The average molecular weight is 412 g/mol. The lowest BCUT2D eigenvalue weighted by Gasteiger charge is -2.19. The molecule has 0 N–H and O–H groups in total. The largest absolute Gasteiger partial charge is 0.486 e. The number of allylic oxidation sites excluding steroid dienone is 1. The summed E-state index contributed by atoms with van der Waals surface area (Å²) in [5.74, 6) is 1.77. The maximum Gasteiger partial charge on any atom is 0.191 e. The topological polar surface area (TPSA) is 39.9 Å². The van der Waals surface area contributed by atoms with Gasteiger partial charge < -0.3 is 4.74 Å². The Morgan fingerprint density at radius 3 is 2.48 bits per heavy atom. The van der Waals surface area contributed by atoms with E-state index in [1.54, 1.807) is 18.2 Å². The summed E-state index contributed by atoms with van der Waals surface area (Å²) in [6, 6.07) is 14.9. The zero-order valence-electron chi connectivity index (χ0n) is 17.1. The molecule has 6 heteroatoms. The van der Waals surface area contributed by atoms with E-state index >= 15 is 0 Å². The van der Waals surface area contributed by atoms with Crippen LogP contribution in [0.1, 0.15) is 37.7 Å². The van der Waals surface area contributed by atoms with Gasteiger partial charge in [-0.2, -0.15) is 0 Å². The maximum absolute atomic E-state index is 13.9. The van der Waals surface area contributed by atoms with Gasteiger partial charge in [-0.1, -0.05) is 68.9 Å². The third-order valence-electron chi connectivity index (χ3n) is 4.51. The van der Waals surface area contributed by atoms with Crippen molar-refractivity contribution in [3.05, 3.63) is 84.0 Å². The van der Waals surface area contributed by atoms with Crippen molar-refractivity contribution in [3.63, 3.8) is 0 Å². The first-order valence-electron chi connectivity index (χ1n) is 9.51. The summed E-state index contributed by atoms with van der Waals surface area (Å²) in [4.78, 5) is 0. The van der Waals surface area contributed by atoms with Crippen LogP contribution in [0.3, 0.4) is 0 Å². The Hall–Kier alpha value is -2.60. The number of ether oxygens (including phenoxy) is 1. The van der Waals surface area contributed by atoms with Gasteiger partial charge >= 0.3 is 0 Å². The Bertz CT molecular complexity index is 961. The Morgan fingerprint density at radius 1 is 1.10 bits per heavy atom. The minimum atomic E-state index is -0.211. The molecule has 152 valence electrons. The Morgan fingerprint density at radius 2 is 1.83 bits per heavy atom. The number of nitrogens with zero attached hydrogens (tertiary/aromatic N) is 3. The van der Waals surface area contributed by atoms with Crippen LogP contribution >= 0.6 is 11.8 Å². The summed E-state index contributed by atoms with van der Waals surface area (Å²) >= 11 is 1.45. The molecule has 0 unspecified atom stereocenters. The highest BCUT2D eigenvalue weighted by molar-refractivity contribution is 7.98. The lowest BCUT2D eigenvalue weighted by atomic mass is 9.87. The van der Waals surface area contributed by atoms with Gasteiger partial charge in [0, 0.05) is 12.3 Å². The fraction of sp³-hybridized carbons (Fsp3) is 0.304. The molecular formula is C23H26FN3OS. The fourth-order valence-electron chi connectivity index (χ4n) is 2.80. The number of rotatable bonds is 8. The molecule has 0 spiro atoms. The van der Waals surface area contributed by atoms with Crippen LogP contribution < -0.4 is 4.74 Å². The van der Waals surface area contributed by atoms with Gasteiger partial charge in [0.1, 0.15) is 18.2 Å². The first-order valence-corrected chi connectivity index (χ1v) is 10.5. The molecule has 1 heterocycles. The van der Waals surface area contributed by atoms with Gasteiger partial charge in [-0.05, 0) is 34.7 Å². The van der Waals surface area contributed by atoms with E-state index in [9.17, 15) is 4.39 Å². The minimum absolute atomic E-state index is 0.104. The van der Waals surface area contributed by atoms with Crippen molar-refractivity contribution in [2.24, 2.45) is 0 Å². The van der Waals surface area contributed by atoms with E-state index < -0.39 is 0 Å². The summed E-state index contributed by atoms with van der Waals surface area (Å²) in [5, 5.41) is 9.25. The van der Waals surface area contributed by atoms with E-state index in [0.717, 1.165) is 10.9 Å². The third kappa shape index (κ3) is 5.48. The van der Waals surface area contributed by atoms with Crippen LogP contribution in [0.5, 0.6) is 5.75 Å². The average Bonchev–Trinajstić information content (AvgIpc) is 3.07. The van der Waals surface area contributed by atoms with Crippen LogP contribution in [0.2, 0.25) is 0 Å². The van der Waals surface area contributed by atoms with Crippen LogP contribution in [-0.4, -0.2) is 14.8 Å². The number of halogens is 1. The highest BCUT2D eigenvalue weighted by atomic mass is 32.2. The van der Waals surface area contributed by atoms with Crippen LogP contribution in [0, 0.1) is 5.82 Å². The van der Waals surface area contributed by atoms with E-state index in [1.165, 1.54) is 23.4 Å². The number of thioether (sulfide) groups is 1. The molecule has 2 aromatic carbocycles. The normalized spacial score (nSPS) is 11.4. The molecule has 3 rings (SSSR count). The Labute approximate surface area is 175 Å². The molecule has 0 saturated carbocycles. The van der Waals surface area contributed by atoms with Crippen molar-refractivity contribution in [2.75, 3.05) is 0 Å². The standard InChI is InChI=1S/C23H26FN3OS/c1-5-14-27-21(15-28-19-12-10-18(11-13-19)23(2,3)4)25-26-22(27)29-16-17-8-6-7-9-20(17)24/h5-13H,1,14-16H2,2-4H3. The molecule has 3 aromatic rings. The lowest BCUT2D eigenvalue weighted by molar-refractivity contribution is 0.289. The van der Waals surface area contributed by atoms with Gasteiger partial charge in [0.05, 0.1) is 0 Å². The number of hydrogen-bond acceptors (Lipinski definition) is 4. The van der Waals surface area contributed by atoms with Crippen molar-refractivity contribution in [3.8, 4) is 5.75 Å². The SMILES string of the molecule is C=CCn1c(COc2ccc(C(C)(C)C)cc2)nnc1SCc1ccccc1F. The maximum atomic E-state index is 13.9. The Balaban J connectivity index is 1.68. The third-order valence-corrected chi connectivity index (χ3v) is 5.52. The summed E-state index contributed by atoms with van der Waals surface area (Å²) in [5.41, 5.74) is 2.00. The molecule has 0 aliphatic rings. The molecule has 0 fully saturated rings. The fourth-order valence-corrected chi connectivity index (χ4v) is 3.75. The van der Waals surface area contributed by atoms with Crippen molar-refractivity contribution in [1.29, 1.82) is 0 Å². The molecule has 4 nitrogen and oxygen atoms in total. The van der Waals surface area contributed by atoms with Gasteiger partial charge in [0.15, 0.2) is 11.0 Å². The molecule has 0 amide bonds. The van der Waals surface area contributed by atoms with Crippen molar-refractivity contribution < 1.29 is 9.13 Å². The van der Waals surface area contributed by atoms with Crippen LogP contribution in [0.15, 0.2) is 66.3 Å². The zero-order chi connectivity index (χ0) is 20.9. The highest BCUT2D eigenvalue weighted by Gasteiger charge is 2.15. The molecule has 29 heavy (non-hydrogen) atoms. The van der Waals surface area contributed by atoms with Gasteiger partial charge in [0.2, 0.25) is 0 Å². The van der Waals surface area contributed by atoms with Crippen LogP contribution in [-0.2, 0) is 24.3 Å². The van der Waals surface area contributed by atoms with E-state index in [0.29, 0.717) is 30.3 Å². The molecule has 1 aromatic heterocycles. The van der Waals surface area contributed by atoms with Gasteiger partial charge in [-0.3, -0.25) is 4.57 Å². The molecule has 0 bridgehead atoms. The van der Waals surface area contributed by atoms with Crippen molar-refractivity contribution in [1.82, 2.24) is 14.8 Å². The number of hydrogen-bond donors (Lipinski definition) is 0. The second-order valence-corrected chi connectivity index (χ2v) is 8.68. The molecule has 0 aliphatic heterocycles. The van der Waals surface area contributed by atoms with Gasteiger partial charge in [0.25, 0.3) is 0 Å². The predicted molar refractivity (Wildman–Crippen MR) is 116 cm³/mol. The van der Waals surface area contributed by atoms with Crippen molar-refractivity contribution >= 4 is 11.8 Å². The molecule has 0 radical (unpaired) electrons. The van der Waals surface area contributed by atoms with Gasteiger partial charge in [-0.25, -0.2) is 4.39 Å². The smallest absolute Gasteiger partial charge is 0.191 e. The highest BCUT2D eigenvalue weighted by Crippen LogP contribution is 2.26. The predicted octanol–water partition coefficient (Wildman–Crippen LogP) is 5.77. The summed E-state index contributed by atoms with van der Waals surface area (Å²) < 4.78 is 21.7. The first kappa shape index (κ1) is 21.1. The lowest BCUT2D eigenvalue weighted by Crippen LogP contribution is -2.11. The molecule has 0 saturated heterocycles. The summed E-state index contributed by atoms with van der Waals surface area (Å²) in [6.07, 6.45) is 1.79. The number of aromatic nitrogens is 3. The summed E-state index contributed by atoms with van der Waals surface area (Å²) in [6.45, 7) is 11.2. The van der Waals surface area contributed by atoms with Crippen molar-refractivity contribution in [2.45, 2.75) is 50.2 Å². The van der Waals surface area contributed by atoms with E-state index in [4.69, 9.17) is 4.74 Å². The Kier molecular flexibility index (Phi) is 6.75. The first-order chi connectivity index (χ1) is 13.9. The summed E-state index contributed by atoms with van der Waals surface area (Å²) in [7, 11) is 0. The van der Waals surface area contributed by atoms with E-state index in [-0.39, 0.29) is 11.2 Å². The van der Waals surface area contributed by atoms with E-state index in [2.05, 4.69) is 49.7 Å². The zero-order valence-corrected chi connectivity index (χ0v) is 17.9. The van der Waals surface area contributed by atoms with E-state index in [1.807, 2.05) is 22.8 Å². The molecule has 0 atom stereocenters. The number of benzene rings is 2. The quantitative estimate of drug-likeness (QED) is 0.348. The minimum Gasteiger partial charge on any atom is -0.486 e.